The molecule has 7 heteroatoms. The third-order valence-corrected chi connectivity index (χ3v) is 5.46. The lowest BCUT2D eigenvalue weighted by atomic mass is 10.2. The zero-order valence-corrected chi connectivity index (χ0v) is 13.4. The van der Waals surface area contributed by atoms with E-state index < -0.39 is 0 Å². The summed E-state index contributed by atoms with van der Waals surface area (Å²) in [5.41, 5.74) is 5.87. The van der Waals surface area contributed by atoms with Crippen molar-refractivity contribution in [3.63, 3.8) is 0 Å². The molecule has 1 saturated heterocycles. The van der Waals surface area contributed by atoms with Crippen molar-refractivity contribution in [2.24, 2.45) is 0 Å². The fraction of sp³-hybridized carbons (Fsp3) is 0.667. The van der Waals surface area contributed by atoms with Gasteiger partial charge in [-0.1, -0.05) is 11.3 Å². The minimum atomic E-state index is 0.0106. The van der Waals surface area contributed by atoms with Crippen LogP contribution in [-0.4, -0.2) is 53.5 Å². The summed E-state index contributed by atoms with van der Waals surface area (Å²) >= 11 is 3.27. The topological polar surface area (TPSA) is 62.5 Å². The van der Waals surface area contributed by atoms with Crippen molar-refractivity contribution in [2.45, 2.75) is 18.6 Å². The molecule has 1 aromatic heterocycles. The number of carbonyl (C=O) groups excluding carboxylic acids is 1. The van der Waals surface area contributed by atoms with E-state index in [0.29, 0.717) is 10.7 Å². The highest BCUT2D eigenvalue weighted by molar-refractivity contribution is 8.00. The molecule has 0 aliphatic carbocycles. The standard InChI is InChI=1S/C12H20N4OS2/c1-12(2)7-16(5-6-18-12)10(17)8-9(13)14-11(19-8)15(3)4/h5-7,13H2,1-4H3. The summed E-state index contributed by atoms with van der Waals surface area (Å²) in [7, 11) is 3.79. The van der Waals surface area contributed by atoms with Crippen LogP contribution in [0, 0.1) is 0 Å². The predicted molar refractivity (Wildman–Crippen MR) is 83.3 cm³/mol. The van der Waals surface area contributed by atoms with E-state index in [2.05, 4.69) is 18.8 Å². The lowest BCUT2D eigenvalue weighted by molar-refractivity contribution is 0.0753. The number of carbonyl (C=O) groups is 1. The first-order valence-electron chi connectivity index (χ1n) is 6.17. The predicted octanol–water partition coefficient (Wildman–Crippen LogP) is 1.76. The molecule has 0 bridgehead atoms. The van der Waals surface area contributed by atoms with Gasteiger partial charge in [-0.2, -0.15) is 11.8 Å². The number of hydrogen-bond donors (Lipinski definition) is 1. The molecule has 0 radical (unpaired) electrons. The molecule has 2 N–H and O–H groups in total. The van der Waals surface area contributed by atoms with E-state index >= 15 is 0 Å². The van der Waals surface area contributed by atoms with Crippen LogP contribution in [0.3, 0.4) is 0 Å². The molecule has 0 aromatic carbocycles. The van der Waals surface area contributed by atoms with Gasteiger partial charge in [0.2, 0.25) is 0 Å². The van der Waals surface area contributed by atoms with Gasteiger partial charge in [-0.15, -0.1) is 0 Å². The first-order valence-corrected chi connectivity index (χ1v) is 7.97. The highest BCUT2D eigenvalue weighted by Crippen LogP contribution is 2.33. The Hall–Kier alpha value is -0.950. The number of anilines is 2. The maximum absolute atomic E-state index is 12.5. The van der Waals surface area contributed by atoms with Gasteiger partial charge in [0.1, 0.15) is 10.7 Å². The fourth-order valence-corrected chi connectivity index (χ4v) is 3.99. The second kappa shape index (κ2) is 5.20. The number of hydrogen-bond acceptors (Lipinski definition) is 6. The van der Waals surface area contributed by atoms with Crippen LogP contribution in [0.1, 0.15) is 23.5 Å². The van der Waals surface area contributed by atoms with Crippen LogP contribution in [0.5, 0.6) is 0 Å². The van der Waals surface area contributed by atoms with E-state index in [1.165, 1.54) is 11.3 Å². The van der Waals surface area contributed by atoms with Crippen LogP contribution in [-0.2, 0) is 0 Å². The summed E-state index contributed by atoms with van der Waals surface area (Å²) in [4.78, 5) is 21.1. The van der Waals surface area contributed by atoms with Gasteiger partial charge in [0.25, 0.3) is 5.91 Å². The minimum absolute atomic E-state index is 0.0106. The third kappa shape index (κ3) is 3.14. The van der Waals surface area contributed by atoms with Gasteiger partial charge >= 0.3 is 0 Å². The Kier molecular flexibility index (Phi) is 3.96. The molecule has 1 aliphatic rings. The summed E-state index contributed by atoms with van der Waals surface area (Å²) < 4.78 is 0.109. The van der Waals surface area contributed by atoms with Gasteiger partial charge in [0.15, 0.2) is 5.13 Å². The Morgan fingerprint density at radius 2 is 2.16 bits per heavy atom. The van der Waals surface area contributed by atoms with Crippen LogP contribution in [0.4, 0.5) is 10.9 Å². The lowest BCUT2D eigenvalue weighted by Crippen LogP contribution is -2.46. The van der Waals surface area contributed by atoms with E-state index in [4.69, 9.17) is 5.73 Å². The zero-order chi connectivity index (χ0) is 14.2. The highest BCUT2D eigenvalue weighted by atomic mass is 32.2. The Bertz CT molecular complexity index is 484. The third-order valence-electron chi connectivity index (χ3n) is 2.93. The van der Waals surface area contributed by atoms with Gasteiger partial charge in [-0.25, -0.2) is 4.98 Å². The van der Waals surface area contributed by atoms with Gasteiger partial charge in [0, 0.05) is 37.7 Å². The molecule has 5 nitrogen and oxygen atoms in total. The van der Waals surface area contributed by atoms with Crippen molar-refractivity contribution in [1.82, 2.24) is 9.88 Å². The summed E-state index contributed by atoms with van der Waals surface area (Å²) in [6, 6.07) is 0. The fourth-order valence-electron chi connectivity index (χ4n) is 2.00. The van der Waals surface area contributed by atoms with E-state index in [1.807, 2.05) is 35.7 Å². The summed E-state index contributed by atoms with van der Waals surface area (Å²) in [6.45, 7) is 5.86. The number of amides is 1. The smallest absolute Gasteiger partial charge is 0.267 e. The lowest BCUT2D eigenvalue weighted by Gasteiger charge is -2.37. The molecule has 106 valence electrons. The molecule has 1 aliphatic heterocycles. The number of nitrogen functional groups attached to an aromatic ring is 1. The van der Waals surface area contributed by atoms with Gasteiger partial charge in [-0.05, 0) is 13.8 Å². The Labute approximate surface area is 122 Å². The molecule has 1 amide bonds. The summed E-state index contributed by atoms with van der Waals surface area (Å²) in [6.07, 6.45) is 0. The van der Waals surface area contributed by atoms with Gasteiger partial charge in [-0.3, -0.25) is 4.79 Å². The van der Waals surface area contributed by atoms with E-state index in [0.717, 1.165) is 24.0 Å². The molecule has 0 spiro atoms. The molecule has 0 atom stereocenters. The number of aromatic nitrogens is 1. The number of rotatable bonds is 2. The minimum Gasteiger partial charge on any atom is -0.382 e. The molecule has 2 rings (SSSR count). The first kappa shape index (κ1) is 14.5. The molecular weight excluding hydrogens is 280 g/mol. The molecule has 19 heavy (non-hydrogen) atoms. The second-order valence-corrected chi connectivity index (χ2v) is 8.22. The molecular formula is C12H20N4OS2. The average molecular weight is 300 g/mol. The van der Waals surface area contributed by atoms with Crippen molar-refractivity contribution in [3.8, 4) is 0 Å². The largest absolute Gasteiger partial charge is 0.382 e. The van der Waals surface area contributed by atoms with Crippen molar-refractivity contribution < 1.29 is 4.79 Å². The number of thioether (sulfide) groups is 1. The normalized spacial score (nSPS) is 18.4. The first-order chi connectivity index (χ1) is 8.80. The van der Waals surface area contributed by atoms with Crippen LogP contribution >= 0.6 is 23.1 Å². The quantitative estimate of drug-likeness (QED) is 0.901. The molecule has 1 aromatic rings. The number of nitrogens with zero attached hydrogens (tertiary/aromatic N) is 3. The maximum atomic E-state index is 12.5. The average Bonchev–Trinajstić information content (AvgIpc) is 2.69. The molecule has 0 unspecified atom stereocenters. The van der Waals surface area contributed by atoms with Crippen molar-refractivity contribution in [1.29, 1.82) is 0 Å². The van der Waals surface area contributed by atoms with Crippen molar-refractivity contribution in [2.75, 3.05) is 43.6 Å². The monoisotopic (exact) mass is 300 g/mol. The Balaban J connectivity index is 2.19. The van der Waals surface area contributed by atoms with E-state index in [-0.39, 0.29) is 10.7 Å². The molecule has 1 fully saturated rings. The SMILES string of the molecule is CN(C)c1nc(N)c(C(=O)N2CCSC(C)(C)C2)s1. The van der Waals surface area contributed by atoms with Crippen LogP contribution in [0.2, 0.25) is 0 Å². The molecule has 0 saturated carbocycles. The maximum Gasteiger partial charge on any atom is 0.267 e. The van der Waals surface area contributed by atoms with Crippen LogP contribution in [0.15, 0.2) is 0 Å². The van der Waals surface area contributed by atoms with Crippen molar-refractivity contribution in [3.05, 3.63) is 4.88 Å². The second-order valence-electron chi connectivity index (χ2n) is 5.44. The van der Waals surface area contributed by atoms with Gasteiger partial charge in [0.05, 0.1) is 0 Å². The summed E-state index contributed by atoms with van der Waals surface area (Å²) in [5, 5.41) is 0.770. The zero-order valence-electron chi connectivity index (χ0n) is 11.8. The van der Waals surface area contributed by atoms with Crippen LogP contribution in [0.25, 0.3) is 0 Å². The summed E-state index contributed by atoms with van der Waals surface area (Å²) in [5.74, 6) is 1.32. The number of thiazole rings is 1. The van der Waals surface area contributed by atoms with E-state index in [1.54, 1.807) is 0 Å². The van der Waals surface area contributed by atoms with Gasteiger partial charge < -0.3 is 15.5 Å². The van der Waals surface area contributed by atoms with E-state index in [9.17, 15) is 4.79 Å². The van der Waals surface area contributed by atoms with Crippen molar-refractivity contribution >= 4 is 40.0 Å². The number of nitrogens with two attached hydrogens (primary N) is 1. The Morgan fingerprint density at radius 1 is 1.47 bits per heavy atom. The Morgan fingerprint density at radius 3 is 2.68 bits per heavy atom. The molecule has 2 heterocycles. The highest BCUT2D eigenvalue weighted by Gasteiger charge is 2.32. The van der Waals surface area contributed by atoms with Crippen LogP contribution < -0.4 is 10.6 Å².